The van der Waals surface area contributed by atoms with Gasteiger partial charge in [-0.2, -0.15) is 0 Å². The smallest absolute Gasteiger partial charge is 0.0235 e. The monoisotopic (exact) mass is 185 g/mol. The Labute approximate surface area is 82.1 Å². The maximum absolute atomic E-state index is 3.23. The van der Waals surface area contributed by atoms with E-state index in [0.717, 1.165) is 12.6 Å². The Kier molecular flexibility index (Phi) is 4.70. The molecule has 0 amide bonds. The van der Waals surface area contributed by atoms with E-state index in [4.69, 9.17) is 0 Å². The first-order valence-electron chi connectivity index (χ1n) is 5.35. The van der Waals surface area contributed by atoms with E-state index in [1.165, 1.54) is 32.6 Å². The molecule has 0 saturated carbocycles. The van der Waals surface area contributed by atoms with E-state index in [2.05, 4.69) is 29.1 Å². The third-order valence-electron chi connectivity index (χ3n) is 2.94. The highest BCUT2D eigenvalue weighted by Crippen LogP contribution is 2.10. The fourth-order valence-corrected chi connectivity index (χ4v) is 2.05. The van der Waals surface area contributed by atoms with Gasteiger partial charge in [0.25, 0.3) is 0 Å². The summed E-state index contributed by atoms with van der Waals surface area (Å²) in [5.41, 5.74) is 0. The summed E-state index contributed by atoms with van der Waals surface area (Å²) in [6.45, 7) is 8.29. The van der Waals surface area contributed by atoms with Crippen molar-refractivity contribution >= 4 is 0 Å². The number of likely N-dealkylation sites (N-methyl/N-ethyl adjacent to an activating group) is 2. The van der Waals surface area contributed by atoms with Crippen LogP contribution in [-0.2, 0) is 0 Å². The molecule has 1 aliphatic heterocycles. The molecule has 1 N–H and O–H groups in total. The van der Waals surface area contributed by atoms with E-state index < -0.39 is 0 Å². The molecule has 1 aliphatic rings. The molecule has 1 fully saturated rings. The van der Waals surface area contributed by atoms with Crippen LogP contribution >= 0.6 is 0 Å². The van der Waals surface area contributed by atoms with Crippen LogP contribution in [0.2, 0.25) is 0 Å². The molecular formula is C10H23N3. The average molecular weight is 185 g/mol. The van der Waals surface area contributed by atoms with E-state index in [1.54, 1.807) is 0 Å². The minimum Gasteiger partial charge on any atom is -0.320 e. The molecule has 0 aromatic heterocycles. The van der Waals surface area contributed by atoms with E-state index in [0.29, 0.717) is 0 Å². The van der Waals surface area contributed by atoms with Gasteiger partial charge in [0, 0.05) is 25.7 Å². The molecule has 0 aromatic carbocycles. The molecule has 0 spiro atoms. The second-order valence-corrected chi connectivity index (χ2v) is 3.94. The number of hydrogen-bond acceptors (Lipinski definition) is 3. The molecular weight excluding hydrogens is 162 g/mol. The van der Waals surface area contributed by atoms with Crippen LogP contribution in [-0.4, -0.2) is 62.7 Å². The molecule has 1 saturated heterocycles. The number of rotatable bonds is 4. The van der Waals surface area contributed by atoms with Crippen molar-refractivity contribution in [1.82, 2.24) is 15.1 Å². The molecule has 78 valence electrons. The summed E-state index contributed by atoms with van der Waals surface area (Å²) >= 11 is 0. The molecule has 0 bridgehead atoms. The van der Waals surface area contributed by atoms with Gasteiger partial charge in [0.1, 0.15) is 0 Å². The van der Waals surface area contributed by atoms with Gasteiger partial charge in [0.05, 0.1) is 0 Å². The summed E-state index contributed by atoms with van der Waals surface area (Å²) in [7, 11) is 4.25. The lowest BCUT2D eigenvalue weighted by Gasteiger charge is -2.39. The van der Waals surface area contributed by atoms with Gasteiger partial charge in [-0.15, -0.1) is 0 Å². The van der Waals surface area contributed by atoms with Crippen LogP contribution in [0, 0.1) is 0 Å². The molecule has 0 aliphatic carbocycles. The highest BCUT2D eigenvalue weighted by Gasteiger charge is 2.22. The third-order valence-corrected chi connectivity index (χ3v) is 2.94. The predicted molar refractivity (Wildman–Crippen MR) is 57.1 cm³/mol. The van der Waals surface area contributed by atoms with Gasteiger partial charge in [-0.25, -0.2) is 0 Å². The van der Waals surface area contributed by atoms with Crippen molar-refractivity contribution in [1.29, 1.82) is 0 Å². The van der Waals surface area contributed by atoms with Crippen LogP contribution in [0.25, 0.3) is 0 Å². The molecule has 1 unspecified atom stereocenters. The minimum atomic E-state index is 0.760. The lowest BCUT2D eigenvalue weighted by atomic mass is 10.1. The van der Waals surface area contributed by atoms with Gasteiger partial charge in [-0.1, -0.05) is 6.92 Å². The molecule has 1 atom stereocenters. The fourth-order valence-electron chi connectivity index (χ4n) is 2.05. The molecule has 1 rings (SSSR count). The molecule has 0 radical (unpaired) electrons. The molecule has 3 heteroatoms. The number of hydrogen-bond donors (Lipinski definition) is 1. The van der Waals surface area contributed by atoms with E-state index >= 15 is 0 Å². The summed E-state index contributed by atoms with van der Waals surface area (Å²) in [5.74, 6) is 0. The van der Waals surface area contributed by atoms with Crippen molar-refractivity contribution in [3.05, 3.63) is 0 Å². The summed E-state index contributed by atoms with van der Waals surface area (Å²) in [6.07, 6.45) is 1.27. The van der Waals surface area contributed by atoms with Crippen LogP contribution in [0.15, 0.2) is 0 Å². The Morgan fingerprint density at radius 1 is 1.38 bits per heavy atom. The van der Waals surface area contributed by atoms with Crippen molar-refractivity contribution in [3.8, 4) is 0 Å². The maximum atomic E-state index is 3.23. The van der Waals surface area contributed by atoms with E-state index in [1.807, 2.05) is 7.05 Å². The normalized spacial score (nSPS) is 26.5. The van der Waals surface area contributed by atoms with Gasteiger partial charge in [0.15, 0.2) is 0 Å². The number of nitrogens with one attached hydrogen (secondary N) is 1. The number of piperazine rings is 1. The van der Waals surface area contributed by atoms with Crippen molar-refractivity contribution < 1.29 is 0 Å². The summed E-state index contributed by atoms with van der Waals surface area (Å²) < 4.78 is 0. The maximum Gasteiger partial charge on any atom is 0.0235 e. The van der Waals surface area contributed by atoms with Gasteiger partial charge in [-0.3, -0.25) is 4.90 Å². The zero-order valence-corrected chi connectivity index (χ0v) is 9.21. The van der Waals surface area contributed by atoms with Crippen molar-refractivity contribution in [2.45, 2.75) is 19.4 Å². The van der Waals surface area contributed by atoms with Crippen LogP contribution in [0.4, 0.5) is 0 Å². The largest absolute Gasteiger partial charge is 0.320 e. The Morgan fingerprint density at radius 2 is 2.15 bits per heavy atom. The Bertz CT molecular complexity index is 138. The van der Waals surface area contributed by atoms with Crippen LogP contribution in [0.3, 0.4) is 0 Å². The topological polar surface area (TPSA) is 18.5 Å². The van der Waals surface area contributed by atoms with E-state index in [-0.39, 0.29) is 0 Å². The SMILES string of the molecule is CCN1CCN(C)CC1CCNC. The zero-order valence-electron chi connectivity index (χ0n) is 9.21. The van der Waals surface area contributed by atoms with Crippen LogP contribution < -0.4 is 5.32 Å². The molecule has 13 heavy (non-hydrogen) atoms. The van der Waals surface area contributed by atoms with Crippen molar-refractivity contribution in [2.75, 3.05) is 46.8 Å². The van der Waals surface area contributed by atoms with Gasteiger partial charge in [0.2, 0.25) is 0 Å². The fraction of sp³-hybridized carbons (Fsp3) is 1.00. The average Bonchev–Trinajstić information content (AvgIpc) is 2.15. The van der Waals surface area contributed by atoms with Gasteiger partial charge < -0.3 is 10.2 Å². The second-order valence-electron chi connectivity index (χ2n) is 3.94. The standard InChI is InChI=1S/C10H23N3/c1-4-13-8-7-12(3)9-10(13)5-6-11-2/h10-11H,4-9H2,1-3H3. The summed E-state index contributed by atoms with van der Waals surface area (Å²) in [4.78, 5) is 5.03. The first-order chi connectivity index (χ1) is 6.27. The second kappa shape index (κ2) is 5.58. The van der Waals surface area contributed by atoms with Crippen LogP contribution in [0.1, 0.15) is 13.3 Å². The first kappa shape index (κ1) is 11.0. The van der Waals surface area contributed by atoms with Gasteiger partial charge in [-0.05, 0) is 33.6 Å². The quantitative estimate of drug-likeness (QED) is 0.676. The third kappa shape index (κ3) is 3.25. The Balaban J connectivity index is 2.35. The zero-order chi connectivity index (χ0) is 9.68. The Hall–Kier alpha value is -0.120. The Morgan fingerprint density at radius 3 is 2.77 bits per heavy atom. The van der Waals surface area contributed by atoms with Crippen molar-refractivity contribution in [3.63, 3.8) is 0 Å². The lowest BCUT2D eigenvalue weighted by molar-refractivity contribution is 0.0901. The highest BCUT2D eigenvalue weighted by atomic mass is 15.3. The predicted octanol–water partition coefficient (Wildman–Crippen LogP) is 0.232. The molecule has 0 aromatic rings. The van der Waals surface area contributed by atoms with Gasteiger partial charge >= 0.3 is 0 Å². The lowest BCUT2D eigenvalue weighted by Crippen LogP contribution is -2.52. The van der Waals surface area contributed by atoms with E-state index in [9.17, 15) is 0 Å². The summed E-state index contributed by atoms with van der Waals surface area (Å²) in [5, 5.41) is 3.23. The summed E-state index contributed by atoms with van der Waals surface area (Å²) in [6, 6.07) is 0.760. The molecule has 3 nitrogen and oxygen atoms in total. The highest BCUT2D eigenvalue weighted by molar-refractivity contribution is 4.80. The molecule has 1 heterocycles. The number of nitrogens with zero attached hydrogens (tertiary/aromatic N) is 2. The minimum absolute atomic E-state index is 0.760. The first-order valence-corrected chi connectivity index (χ1v) is 5.35. The van der Waals surface area contributed by atoms with Crippen molar-refractivity contribution in [2.24, 2.45) is 0 Å². The van der Waals surface area contributed by atoms with Crippen LogP contribution in [0.5, 0.6) is 0 Å².